The van der Waals surface area contributed by atoms with E-state index >= 15 is 0 Å². The first-order chi connectivity index (χ1) is 17.1. The number of aliphatic hydroxyl groups excluding tert-OH is 1. The van der Waals surface area contributed by atoms with Gasteiger partial charge in [-0.15, -0.1) is 0 Å². The first-order valence-electron chi connectivity index (χ1n) is 12.5. The van der Waals surface area contributed by atoms with Crippen molar-refractivity contribution in [1.82, 2.24) is 24.5 Å². The van der Waals surface area contributed by atoms with Gasteiger partial charge in [0.15, 0.2) is 6.23 Å². The number of aromatic nitrogens is 4. The van der Waals surface area contributed by atoms with Crippen molar-refractivity contribution in [3.05, 3.63) is 42.4 Å². The number of nitrogens with zero attached hydrogens (tertiary/aromatic N) is 5. The third-order valence-corrected chi connectivity index (χ3v) is 6.46. The standard InChI is InChI=1S/C27H37N5O4/c1-7-22-20-14-18(11-12-23(20)32(29-22)24-10-8-9-13-35-24)21-15-28-31(6)25(21)19(17-33)16-30(5)26(34)36-27(2,3)4/h7,11-12,14-15,19,24,33H,1,8-10,13,16-17H2,2-6H3/t19-,24?/m1/s1. The van der Waals surface area contributed by atoms with Crippen molar-refractivity contribution in [2.75, 3.05) is 26.8 Å². The number of carbonyl (C=O) groups excluding carboxylic acids is 1. The lowest BCUT2D eigenvalue weighted by molar-refractivity contribution is -0.0367. The molecule has 1 unspecified atom stereocenters. The van der Waals surface area contributed by atoms with E-state index < -0.39 is 11.7 Å². The molecule has 1 aliphatic rings. The number of hydrogen-bond acceptors (Lipinski definition) is 6. The second-order valence-corrected chi connectivity index (χ2v) is 10.4. The van der Waals surface area contributed by atoms with E-state index in [9.17, 15) is 9.90 Å². The van der Waals surface area contributed by atoms with Gasteiger partial charge in [-0.05, 0) is 63.8 Å². The molecule has 4 rings (SSSR count). The Morgan fingerprint density at radius 2 is 2.17 bits per heavy atom. The maximum Gasteiger partial charge on any atom is 0.410 e. The summed E-state index contributed by atoms with van der Waals surface area (Å²) in [5, 5.41) is 20.6. The molecule has 1 N–H and O–H groups in total. The number of likely N-dealkylation sites (N-methyl/N-ethyl adjacent to an activating group) is 1. The summed E-state index contributed by atoms with van der Waals surface area (Å²) < 4.78 is 15.2. The second kappa shape index (κ2) is 10.4. The highest BCUT2D eigenvalue weighted by Crippen LogP contribution is 2.34. The average Bonchev–Trinajstić information content (AvgIpc) is 3.41. The first-order valence-corrected chi connectivity index (χ1v) is 12.5. The normalized spacial score (nSPS) is 17.2. The number of carbonyl (C=O) groups is 1. The number of benzene rings is 1. The maximum atomic E-state index is 12.5. The fourth-order valence-electron chi connectivity index (χ4n) is 4.75. The summed E-state index contributed by atoms with van der Waals surface area (Å²) in [6.07, 6.45) is 6.19. The van der Waals surface area contributed by atoms with Gasteiger partial charge in [-0.25, -0.2) is 9.48 Å². The van der Waals surface area contributed by atoms with Crippen molar-refractivity contribution in [3.63, 3.8) is 0 Å². The third kappa shape index (κ3) is 5.32. The molecule has 1 aliphatic heterocycles. The molecule has 0 radical (unpaired) electrons. The molecule has 9 heteroatoms. The molecule has 36 heavy (non-hydrogen) atoms. The molecule has 3 aromatic rings. The van der Waals surface area contributed by atoms with Crippen LogP contribution in [0.15, 0.2) is 31.0 Å². The van der Waals surface area contributed by atoms with Gasteiger partial charge in [-0.1, -0.05) is 12.6 Å². The van der Waals surface area contributed by atoms with Crippen LogP contribution in [-0.4, -0.2) is 68.1 Å². The van der Waals surface area contributed by atoms with E-state index in [0.717, 1.165) is 59.3 Å². The number of aliphatic hydroxyl groups is 1. The van der Waals surface area contributed by atoms with Crippen molar-refractivity contribution >= 4 is 23.1 Å². The zero-order valence-electron chi connectivity index (χ0n) is 21.9. The molecular weight excluding hydrogens is 458 g/mol. The Balaban J connectivity index is 1.68. The fraction of sp³-hybridized carbons (Fsp3) is 0.519. The largest absolute Gasteiger partial charge is 0.444 e. The van der Waals surface area contributed by atoms with Gasteiger partial charge in [-0.2, -0.15) is 10.2 Å². The molecule has 0 bridgehead atoms. The number of fused-ring (bicyclic) bond motifs is 1. The number of hydrogen-bond donors (Lipinski definition) is 1. The Morgan fingerprint density at radius 3 is 2.81 bits per heavy atom. The molecular formula is C27H37N5O4. The second-order valence-electron chi connectivity index (χ2n) is 10.4. The van der Waals surface area contributed by atoms with Crippen molar-refractivity contribution in [1.29, 1.82) is 0 Å². The lowest BCUT2D eigenvalue weighted by Crippen LogP contribution is -2.37. The molecule has 2 aromatic heterocycles. The van der Waals surface area contributed by atoms with E-state index in [0.29, 0.717) is 0 Å². The van der Waals surface area contributed by atoms with Crippen LogP contribution >= 0.6 is 0 Å². The molecule has 1 amide bonds. The van der Waals surface area contributed by atoms with Crippen molar-refractivity contribution in [2.45, 2.75) is 57.8 Å². The molecule has 1 aromatic carbocycles. The van der Waals surface area contributed by atoms with Crippen LogP contribution in [-0.2, 0) is 16.5 Å². The molecule has 0 saturated carbocycles. The fourth-order valence-corrected chi connectivity index (χ4v) is 4.75. The Bertz CT molecular complexity index is 1230. The molecule has 3 heterocycles. The van der Waals surface area contributed by atoms with Gasteiger partial charge in [0.1, 0.15) is 5.60 Å². The van der Waals surface area contributed by atoms with Gasteiger partial charge in [0, 0.05) is 44.1 Å². The van der Waals surface area contributed by atoms with E-state index in [1.54, 1.807) is 24.0 Å². The van der Waals surface area contributed by atoms with Gasteiger partial charge in [0.05, 0.1) is 29.7 Å². The van der Waals surface area contributed by atoms with Gasteiger partial charge < -0.3 is 19.5 Å². The predicted octanol–water partition coefficient (Wildman–Crippen LogP) is 4.72. The van der Waals surface area contributed by atoms with Crippen LogP contribution in [0.5, 0.6) is 0 Å². The smallest absolute Gasteiger partial charge is 0.410 e. The highest BCUT2D eigenvalue weighted by atomic mass is 16.6. The maximum absolute atomic E-state index is 12.5. The number of ether oxygens (including phenoxy) is 2. The Morgan fingerprint density at radius 1 is 1.39 bits per heavy atom. The number of rotatable bonds is 7. The molecule has 1 fully saturated rings. The minimum Gasteiger partial charge on any atom is -0.444 e. The van der Waals surface area contributed by atoms with E-state index in [-0.39, 0.29) is 25.3 Å². The van der Waals surface area contributed by atoms with E-state index in [1.807, 2.05) is 38.6 Å². The summed E-state index contributed by atoms with van der Waals surface area (Å²) in [6, 6.07) is 6.19. The highest BCUT2D eigenvalue weighted by molar-refractivity contribution is 5.91. The van der Waals surface area contributed by atoms with Crippen LogP contribution in [0.25, 0.3) is 28.1 Å². The molecule has 2 atom stereocenters. The van der Waals surface area contributed by atoms with Crippen LogP contribution in [0.3, 0.4) is 0 Å². The van der Waals surface area contributed by atoms with Crippen LogP contribution in [0, 0.1) is 0 Å². The number of amides is 1. The van der Waals surface area contributed by atoms with Crippen LogP contribution in [0.1, 0.15) is 63.6 Å². The summed E-state index contributed by atoms with van der Waals surface area (Å²) in [5.74, 6) is -0.349. The van der Waals surface area contributed by atoms with E-state index in [2.05, 4.69) is 23.8 Å². The molecule has 0 spiro atoms. The zero-order valence-corrected chi connectivity index (χ0v) is 21.9. The van der Waals surface area contributed by atoms with Crippen molar-refractivity contribution in [3.8, 4) is 11.1 Å². The summed E-state index contributed by atoms with van der Waals surface area (Å²) in [6.45, 7) is 10.3. The Kier molecular flexibility index (Phi) is 7.51. The Labute approximate surface area is 212 Å². The molecule has 194 valence electrons. The van der Waals surface area contributed by atoms with E-state index in [4.69, 9.17) is 14.6 Å². The monoisotopic (exact) mass is 495 g/mol. The van der Waals surface area contributed by atoms with Crippen molar-refractivity contribution < 1.29 is 19.4 Å². The van der Waals surface area contributed by atoms with Crippen LogP contribution in [0.2, 0.25) is 0 Å². The predicted molar refractivity (Wildman–Crippen MR) is 140 cm³/mol. The van der Waals surface area contributed by atoms with Crippen LogP contribution in [0.4, 0.5) is 4.79 Å². The highest BCUT2D eigenvalue weighted by Gasteiger charge is 2.27. The summed E-state index contributed by atoms with van der Waals surface area (Å²) in [7, 11) is 3.53. The van der Waals surface area contributed by atoms with Gasteiger partial charge >= 0.3 is 6.09 Å². The summed E-state index contributed by atoms with van der Waals surface area (Å²) in [5.41, 5.74) is 3.90. The Hall–Kier alpha value is -3.17. The number of aryl methyl sites for hydroxylation is 1. The lowest BCUT2D eigenvalue weighted by atomic mass is 9.96. The molecule has 0 aliphatic carbocycles. The SMILES string of the molecule is C=Cc1nn(C2CCCCO2)c2ccc(-c3cnn(C)c3[C@@H](CO)CN(C)C(=O)OC(C)(C)C)cc12. The average molecular weight is 496 g/mol. The van der Waals surface area contributed by atoms with Crippen molar-refractivity contribution in [2.24, 2.45) is 7.05 Å². The summed E-state index contributed by atoms with van der Waals surface area (Å²) >= 11 is 0. The zero-order chi connectivity index (χ0) is 26.0. The molecule has 9 nitrogen and oxygen atoms in total. The lowest BCUT2D eigenvalue weighted by Gasteiger charge is -2.27. The topological polar surface area (TPSA) is 94.6 Å². The van der Waals surface area contributed by atoms with Gasteiger partial charge in [0.25, 0.3) is 0 Å². The van der Waals surface area contributed by atoms with Crippen LogP contribution < -0.4 is 0 Å². The first kappa shape index (κ1) is 25.9. The molecule has 1 saturated heterocycles. The quantitative estimate of drug-likeness (QED) is 0.510. The van der Waals surface area contributed by atoms with E-state index in [1.165, 1.54) is 4.90 Å². The minimum absolute atomic E-state index is 0.0723. The van der Waals surface area contributed by atoms with Gasteiger partial charge in [-0.3, -0.25) is 4.68 Å². The third-order valence-electron chi connectivity index (χ3n) is 6.46. The van der Waals surface area contributed by atoms with Gasteiger partial charge in [0.2, 0.25) is 0 Å². The summed E-state index contributed by atoms with van der Waals surface area (Å²) in [4.78, 5) is 14.0. The minimum atomic E-state index is -0.594.